The average molecular weight is 428 g/mol. The number of piperidine rings is 1. The zero-order valence-electron chi connectivity index (χ0n) is 17.5. The SMILES string of the molecule is Cc1cccc(CN2CCN(C3CCN(C(=O)Nc4cc(F)ccc4F)CC3)C2=O)c1. The average Bonchev–Trinajstić information content (AvgIpc) is 3.11. The summed E-state index contributed by atoms with van der Waals surface area (Å²) < 4.78 is 27.1. The van der Waals surface area contributed by atoms with Crippen molar-refractivity contribution in [2.75, 3.05) is 31.5 Å². The van der Waals surface area contributed by atoms with Crippen LogP contribution >= 0.6 is 0 Å². The Morgan fingerprint density at radius 2 is 1.84 bits per heavy atom. The van der Waals surface area contributed by atoms with Crippen LogP contribution in [0.3, 0.4) is 0 Å². The second kappa shape index (κ2) is 8.91. The third-order valence-electron chi connectivity index (χ3n) is 5.95. The lowest BCUT2D eigenvalue weighted by molar-refractivity contribution is 0.139. The molecular formula is C23H26F2N4O2. The number of carbonyl (C=O) groups excluding carboxylic acids is 2. The first-order valence-corrected chi connectivity index (χ1v) is 10.5. The Balaban J connectivity index is 1.30. The molecular weight excluding hydrogens is 402 g/mol. The predicted molar refractivity (Wildman–Crippen MR) is 114 cm³/mol. The van der Waals surface area contributed by atoms with Crippen molar-refractivity contribution >= 4 is 17.7 Å². The molecule has 0 aliphatic carbocycles. The van der Waals surface area contributed by atoms with E-state index >= 15 is 0 Å². The number of nitrogens with one attached hydrogen (secondary N) is 1. The van der Waals surface area contributed by atoms with Crippen molar-refractivity contribution in [2.45, 2.75) is 32.4 Å². The molecule has 0 atom stereocenters. The highest BCUT2D eigenvalue weighted by molar-refractivity contribution is 5.89. The summed E-state index contributed by atoms with van der Waals surface area (Å²) in [5, 5.41) is 2.44. The molecule has 0 aromatic heterocycles. The Bertz CT molecular complexity index is 976. The molecule has 4 rings (SSSR count). The number of anilines is 1. The highest BCUT2D eigenvalue weighted by Crippen LogP contribution is 2.24. The summed E-state index contributed by atoms with van der Waals surface area (Å²) in [6, 6.07) is 10.8. The van der Waals surface area contributed by atoms with Gasteiger partial charge in [-0.25, -0.2) is 18.4 Å². The Hall–Kier alpha value is -3.16. The van der Waals surface area contributed by atoms with Crippen molar-refractivity contribution in [2.24, 2.45) is 0 Å². The van der Waals surface area contributed by atoms with Gasteiger partial charge < -0.3 is 20.0 Å². The van der Waals surface area contributed by atoms with Crippen molar-refractivity contribution in [1.29, 1.82) is 0 Å². The molecule has 0 spiro atoms. The van der Waals surface area contributed by atoms with Gasteiger partial charge in [0.05, 0.1) is 5.69 Å². The van der Waals surface area contributed by atoms with Crippen molar-refractivity contribution in [3.05, 3.63) is 65.2 Å². The third-order valence-corrected chi connectivity index (χ3v) is 5.95. The molecule has 4 amide bonds. The molecule has 8 heteroatoms. The molecule has 2 saturated heterocycles. The second-order valence-electron chi connectivity index (χ2n) is 8.16. The summed E-state index contributed by atoms with van der Waals surface area (Å²) in [6.07, 6.45) is 1.31. The maximum Gasteiger partial charge on any atom is 0.321 e. The number of carbonyl (C=O) groups is 2. The minimum absolute atomic E-state index is 0.0336. The number of urea groups is 2. The van der Waals surface area contributed by atoms with Gasteiger partial charge in [-0.3, -0.25) is 0 Å². The van der Waals surface area contributed by atoms with Gasteiger partial charge in [-0.15, -0.1) is 0 Å². The molecule has 31 heavy (non-hydrogen) atoms. The number of hydrogen-bond acceptors (Lipinski definition) is 2. The quantitative estimate of drug-likeness (QED) is 0.793. The monoisotopic (exact) mass is 428 g/mol. The zero-order valence-corrected chi connectivity index (χ0v) is 17.5. The van der Waals surface area contributed by atoms with E-state index in [1.807, 2.05) is 34.9 Å². The van der Waals surface area contributed by atoms with Crippen molar-refractivity contribution < 1.29 is 18.4 Å². The van der Waals surface area contributed by atoms with E-state index in [0.29, 0.717) is 45.6 Å². The molecule has 0 saturated carbocycles. The molecule has 2 aliphatic heterocycles. The fourth-order valence-electron chi connectivity index (χ4n) is 4.29. The van der Waals surface area contributed by atoms with Gasteiger partial charge in [0.25, 0.3) is 0 Å². The Labute approximate surface area is 180 Å². The fourth-order valence-corrected chi connectivity index (χ4v) is 4.29. The van der Waals surface area contributed by atoms with Crippen molar-refractivity contribution in [3.63, 3.8) is 0 Å². The lowest BCUT2D eigenvalue weighted by atomic mass is 10.0. The summed E-state index contributed by atoms with van der Waals surface area (Å²) in [5.74, 6) is -1.29. The maximum atomic E-state index is 13.8. The lowest BCUT2D eigenvalue weighted by Crippen LogP contribution is -2.49. The first-order valence-electron chi connectivity index (χ1n) is 10.5. The van der Waals surface area contributed by atoms with E-state index in [2.05, 4.69) is 11.4 Å². The normalized spacial score (nSPS) is 17.4. The topological polar surface area (TPSA) is 55.9 Å². The van der Waals surface area contributed by atoms with Crippen LogP contribution < -0.4 is 5.32 Å². The predicted octanol–water partition coefficient (Wildman–Crippen LogP) is 4.21. The second-order valence-corrected chi connectivity index (χ2v) is 8.16. The van der Waals surface area contributed by atoms with Crippen molar-refractivity contribution in [1.82, 2.24) is 14.7 Å². The van der Waals surface area contributed by atoms with Gasteiger partial charge in [0, 0.05) is 44.8 Å². The molecule has 1 N–H and O–H groups in total. The molecule has 164 valence electrons. The number of likely N-dealkylation sites (tertiary alicyclic amines) is 1. The van der Waals surface area contributed by atoms with E-state index < -0.39 is 17.7 Å². The molecule has 2 aromatic carbocycles. The summed E-state index contributed by atoms with van der Waals surface area (Å²) in [5.41, 5.74) is 2.12. The van der Waals surface area contributed by atoms with Crippen LogP contribution in [0.4, 0.5) is 24.1 Å². The van der Waals surface area contributed by atoms with E-state index in [1.54, 1.807) is 4.90 Å². The van der Waals surface area contributed by atoms with Crippen LogP contribution in [0, 0.1) is 18.6 Å². The molecule has 0 radical (unpaired) electrons. The van der Waals surface area contributed by atoms with E-state index in [-0.39, 0.29) is 17.8 Å². The number of rotatable bonds is 4. The highest BCUT2D eigenvalue weighted by Gasteiger charge is 2.36. The van der Waals surface area contributed by atoms with Crippen LogP contribution in [0.1, 0.15) is 24.0 Å². The van der Waals surface area contributed by atoms with Gasteiger partial charge in [-0.1, -0.05) is 29.8 Å². The minimum atomic E-state index is -0.680. The number of nitrogens with zero attached hydrogens (tertiary/aromatic N) is 3. The minimum Gasteiger partial charge on any atom is -0.324 e. The zero-order chi connectivity index (χ0) is 22.0. The number of amides is 4. The number of aryl methyl sites for hydroxylation is 1. The first kappa shape index (κ1) is 21.1. The molecule has 0 unspecified atom stereocenters. The van der Waals surface area contributed by atoms with Crippen molar-refractivity contribution in [3.8, 4) is 0 Å². The summed E-state index contributed by atoms with van der Waals surface area (Å²) in [7, 11) is 0. The van der Waals surface area contributed by atoms with E-state index in [9.17, 15) is 18.4 Å². The first-order chi connectivity index (χ1) is 14.9. The van der Waals surface area contributed by atoms with Gasteiger partial charge in [0.15, 0.2) is 0 Å². The lowest BCUT2D eigenvalue weighted by Gasteiger charge is -2.36. The smallest absolute Gasteiger partial charge is 0.321 e. The standard InChI is InChI=1S/C23H26F2N4O2/c1-16-3-2-4-17(13-16)15-28-11-12-29(23(28)31)19-7-9-27(10-8-19)22(30)26-21-14-18(24)5-6-20(21)25/h2-6,13-14,19H,7-12,15H2,1H3,(H,26,30). The summed E-state index contributed by atoms with van der Waals surface area (Å²) in [6.45, 7) is 4.90. The highest BCUT2D eigenvalue weighted by atomic mass is 19.1. The van der Waals surface area contributed by atoms with E-state index in [4.69, 9.17) is 0 Å². The Kier molecular flexibility index (Phi) is 6.06. The van der Waals surface area contributed by atoms with Gasteiger partial charge in [-0.05, 0) is 37.5 Å². The summed E-state index contributed by atoms with van der Waals surface area (Å²) in [4.78, 5) is 30.7. The molecule has 2 aliphatic rings. The Morgan fingerprint density at radius 3 is 2.58 bits per heavy atom. The molecule has 2 fully saturated rings. The molecule has 0 bridgehead atoms. The Morgan fingerprint density at radius 1 is 1.06 bits per heavy atom. The number of hydrogen-bond donors (Lipinski definition) is 1. The third kappa shape index (κ3) is 4.78. The van der Waals surface area contributed by atoms with Gasteiger partial charge in [0.1, 0.15) is 11.6 Å². The number of benzene rings is 2. The molecule has 6 nitrogen and oxygen atoms in total. The van der Waals surface area contributed by atoms with Crippen LogP contribution in [0.5, 0.6) is 0 Å². The number of halogens is 2. The van der Waals surface area contributed by atoms with Crippen LogP contribution in [-0.2, 0) is 6.54 Å². The molecule has 2 heterocycles. The maximum absolute atomic E-state index is 13.8. The van der Waals surface area contributed by atoms with E-state index in [0.717, 1.165) is 23.8 Å². The van der Waals surface area contributed by atoms with Crippen LogP contribution in [0.25, 0.3) is 0 Å². The van der Waals surface area contributed by atoms with Crippen LogP contribution in [0.15, 0.2) is 42.5 Å². The van der Waals surface area contributed by atoms with Gasteiger partial charge in [0.2, 0.25) is 0 Å². The van der Waals surface area contributed by atoms with Gasteiger partial charge in [-0.2, -0.15) is 0 Å². The van der Waals surface area contributed by atoms with Crippen LogP contribution in [0.2, 0.25) is 0 Å². The molecule has 2 aromatic rings. The van der Waals surface area contributed by atoms with Crippen LogP contribution in [-0.4, -0.2) is 59.0 Å². The van der Waals surface area contributed by atoms with Gasteiger partial charge >= 0.3 is 12.1 Å². The fraction of sp³-hybridized carbons (Fsp3) is 0.391. The van der Waals surface area contributed by atoms with E-state index in [1.165, 1.54) is 5.56 Å². The largest absolute Gasteiger partial charge is 0.324 e. The summed E-state index contributed by atoms with van der Waals surface area (Å²) >= 11 is 0.